The third-order valence-corrected chi connectivity index (χ3v) is 8.35. The highest BCUT2D eigenvalue weighted by Gasteiger charge is 2.55. The van der Waals surface area contributed by atoms with Gasteiger partial charge in [0.2, 0.25) is 0 Å². The summed E-state index contributed by atoms with van der Waals surface area (Å²) >= 11 is 0. The first-order valence-corrected chi connectivity index (χ1v) is 11.5. The summed E-state index contributed by atoms with van der Waals surface area (Å²) in [5, 5.41) is 0. The predicted octanol–water partition coefficient (Wildman–Crippen LogP) is 5.91. The van der Waals surface area contributed by atoms with Gasteiger partial charge in [-0.15, -0.1) is 0 Å². The largest absolute Gasteiger partial charge is 0.465 e. The Bertz CT molecular complexity index is 921. The quantitative estimate of drug-likeness (QED) is 0.594. The average molecular weight is 405 g/mol. The molecule has 3 aliphatic carbocycles. The zero-order valence-corrected chi connectivity index (χ0v) is 18.1. The van der Waals surface area contributed by atoms with E-state index in [-0.39, 0.29) is 5.97 Å². The molecule has 0 unspecified atom stereocenters. The molecular weight excluding hydrogens is 372 g/mol. The number of ether oxygens (including phenoxy) is 2. The summed E-state index contributed by atoms with van der Waals surface area (Å²) in [5.41, 5.74) is 5.09. The van der Waals surface area contributed by atoms with Crippen molar-refractivity contribution in [2.45, 2.75) is 64.1 Å². The van der Waals surface area contributed by atoms with Crippen LogP contribution < -0.4 is 0 Å². The lowest BCUT2D eigenvalue weighted by Gasteiger charge is -2.50. The molecule has 0 amide bonds. The van der Waals surface area contributed by atoms with Crippen LogP contribution in [-0.4, -0.2) is 19.2 Å². The van der Waals surface area contributed by atoms with Gasteiger partial charge in [-0.2, -0.15) is 0 Å². The van der Waals surface area contributed by atoms with Crippen molar-refractivity contribution in [3.63, 3.8) is 0 Å². The third-order valence-electron chi connectivity index (χ3n) is 8.35. The van der Waals surface area contributed by atoms with Gasteiger partial charge >= 0.3 is 5.97 Å². The summed E-state index contributed by atoms with van der Waals surface area (Å²) in [7, 11) is 1.45. The Morgan fingerprint density at radius 1 is 1.07 bits per heavy atom. The van der Waals surface area contributed by atoms with Crippen molar-refractivity contribution in [3.8, 4) is 0 Å². The molecular formula is C27H32O3. The zero-order chi connectivity index (χ0) is 20.7. The number of aryl methyl sites for hydroxylation is 1. The molecule has 0 saturated heterocycles. The highest BCUT2D eigenvalue weighted by molar-refractivity contribution is 5.89. The minimum absolute atomic E-state index is 0.231. The normalized spacial score (nSPS) is 32.1. The summed E-state index contributed by atoms with van der Waals surface area (Å²) in [5.74, 6) is 1.88. The van der Waals surface area contributed by atoms with Crippen LogP contribution in [0, 0.1) is 17.3 Å². The van der Waals surface area contributed by atoms with Crippen LogP contribution in [0.15, 0.2) is 48.5 Å². The molecule has 3 aliphatic rings. The van der Waals surface area contributed by atoms with E-state index in [0.717, 1.165) is 24.9 Å². The Kier molecular flexibility index (Phi) is 5.18. The van der Waals surface area contributed by atoms with Gasteiger partial charge in [0.05, 0.1) is 25.4 Å². The molecule has 0 N–H and O–H groups in total. The van der Waals surface area contributed by atoms with E-state index in [0.29, 0.717) is 23.0 Å². The Morgan fingerprint density at radius 3 is 2.70 bits per heavy atom. The first-order valence-electron chi connectivity index (χ1n) is 11.5. The Hall–Kier alpha value is -2.13. The second-order valence-corrected chi connectivity index (χ2v) is 9.73. The Morgan fingerprint density at radius 2 is 1.90 bits per heavy atom. The number of rotatable bonds is 4. The third kappa shape index (κ3) is 3.28. The van der Waals surface area contributed by atoms with Crippen molar-refractivity contribution in [3.05, 3.63) is 70.8 Å². The molecule has 3 nitrogen and oxygen atoms in total. The van der Waals surface area contributed by atoms with Gasteiger partial charge in [-0.3, -0.25) is 0 Å². The summed E-state index contributed by atoms with van der Waals surface area (Å²) in [4.78, 5) is 11.9. The molecule has 158 valence electrons. The van der Waals surface area contributed by atoms with Gasteiger partial charge in [0.1, 0.15) is 0 Å². The van der Waals surface area contributed by atoms with Crippen LogP contribution in [0.5, 0.6) is 0 Å². The number of fused-ring (bicyclic) bond motifs is 5. The van der Waals surface area contributed by atoms with Crippen LogP contribution in [0.3, 0.4) is 0 Å². The van der Waals surface area contributed by atoms with Crippen LogP contribution in [-0.2, 0) is 22.5 Å². The molecule has 2 fully saturated rings. The topological polar surface area (TPSA) is 35.5 Å². The van der Waals surface area contributed by atoms with E-state index in [1.807, 2.05) is 6.07 Å². The molecule has 0 spiro atoms. The number of hydrogen-bond donors (Lipinski definition) is 0. The maximum atomic E-state index is 11.9. The van der Waals surface area contributed by atoms with Gasteiger partial charge in [0, 0.05) is 0 Å². The van der Waals surface area contributed by atoms with Gasteiger partial charge in [-0.25, -0.2) is 4.79 Å². The first-order chi connectivity index (χ1) is 14.6. The van der Waals surface area contributed by atoms with Gasteiger partial charge in [0.25, 0.3) is 0 Å². The predicted molar refractivity (Wildman–Crippen MR) is 117 cm³/mol. The Balaban J connectivity index is 1.33. The van der Waals surface area contributed by atoms with E-state index in [1.165, 1.54) is 55.9 Å². The van der Waals surface area contributed by atoms with Gasteiger partial charge in [-0.05, 0) is 90.5 Å². The van der Waals surface area contributed by atoms with E-state index in [4.69, 9.17) is 9.47 Å². The van der Waals surface area contributed by atoms with Crippen molar-refractivity contribution in [2.24, 2.45) is 17.3 Å². The second-order valence-electron chi connectivity index (χ2n) is 9.73. The number of esters is 1. The van der Waals surface area contributed by atoms with E-state index in [1.54, 1.807) is 0 Å². The first kappa shape index (κ1) is 19.8. The minimum Gasteiger partial charge on any atom is -0.465 e. The highest BCUT2D eigenvalue weighted by atomic mass is 16.5. The van der Waals surface area contributed by atoms with E-state index in [9.17, 15) is 4.79 Å². The van der Waals surface area contributed by atoms with Crippen LogP contribution in [0.1, 0.15) is 72.0 Å². The number of methoxy groups -OCH3 is 1. The number of carbonyl (C=O) groups excluding carboxylic acids is 1. The SMILES string of the molecule is COC(=O)c1ccc2c(c1)CC[C@@H]1[C@@H]2CC[C@]2(C)[C@@H](OCc3ccccc3)CC[C@@H]12. The molecule has 3 heteroatoms. The van der Waals surface area contributed by atoms with E-state index >= 15 is 0 Å². The maximum absolute atomic E-state index is 11.9. The molecule has 5 atom stereocenters. The van der Waals surface area contributed by atoms with Crippen LogP contribution >= 0.6 is 0 Å². The molecule has 5 rings (SSSR count). The fourth-order valence-corrected chi connectivity index (χ4v) is 6.82. The van der Waals surface area contributed by atoms with E-state index < -0.39 is 0 Å². The monoisotopic (exact) mass is 404 g/mol. The average Bonchev–Trinajstić information content (AvgIpc) is 3.13. The smallest absolute Gasteiger partial charge is 0.337 e. The summed E-state index contributed by atoms with van der Waals surface area (Å²) < 4.78 is 11.4. The van der Waals surface area contributed by atoms with Crippen LogP contribution in [0.4, 0.5) is 0 Å². The number of carbonyl (C=O) groups is 1. The van der Waals surface area contributed by atoms with E-state index in [2.05, 4.69) is 49.4 Å². The fraction of sp³-hybridized carbons (Fsp3) is 0.519. The zero-order valence-electron chi connectivity index (χ0n) is 18.1. The molecule has 2 aromatic carbocycles. The molecule has 0 aromatic heterocycles. The molecule has 0 bridgehead atoms. The van der Waals surface area contributed by atoms with Crippen molar-refractivity contribution < 1.29 is 14.3 Å². The Labute approximate surface area is 179 Å². The summed E-state index contributed by atoms with van der Waals surface area (Å²) in [6, 6.07) is 16.8. The standard InChI is InChI=1S/C27H32O3/c1-27-15-14-22-21-10-9-20(26(28)29-2)16-19(21)8-11-23(22)24(27)12-13-25(27)30-17-18-6-4-3-5-7-18/h3-7,9-10,16,22-25H,8,11-15,17H2,1-2H3/t22-,23-,24+,25+,27+/m1/s1. The molecule has 30 heavy (non-hydrogen) atoms. The summed E-state index contributed by atoms with van der Waals surface area (Å²) in [6.45, 7) is 3.22. The highest BCUT2D eigenvalue weighted by Crippen LogP contribution is 2.61. The molecule has 0 heterocycles. The van der Waals surface area contributed by atoms with Gasteiger partial charge < -0.3 is 9.47 Å². The molecule has 2 aromatic rings. The lowest BCUT2D eigenvalue weighted by atomic mass is 9.55. The fourth-order valence-electron chi connectivity index (χ4n) is 6.82. The minimum atomic E-state index is -0.231. The molecule has 2 saturated carbocycles. The maximum Gasteiger partial charge on any atom is 0.337 e. The van der Waals surface area contributed by atoms with Gasteiger partial charge in [0.15, 0.2) is 0 Å². The van der Waals surface area contributed by atoms with Crippen molar-refractivity contribution in [2.75, 3.05) is 7.11 Å². The van der Waals surface area contributed by atoms with Crippen molar-refractivity contribution in [1.82, 2.24) is 0 Å². The van der Waals surface area contributed by atoms with Crippen molar-refractivity contribution in [1.29, 1.82) is 0 Å². The number of hydrogen-bond acceptors (Lipinski definition) is 3. The van der Waals surface area contributed by atoms with Crippen molar-refractivity contribution >= 4 is 5.97 Å². The molecule has 0 aliphatic heterocycles. The van der Waals surface area contributed by atoms with Crippen LogP contribution in [0.2, 0.25) is 0 Å². The second kappa shape index (κ2) is 7.85. The summed E-state index contributed by atoms with van der Waals surface area (Å²) in [6.07, 6.45) is 7.60. The lowest BCUT2D eigenvalue weighted by molar-refractivity contribution is -0.0707. The number of benzene rings is 2. The lowest BCUT2D eigenvalue weighted by Crippen LogP contribution is -2.44. The molecule has 0 radical (unpaired) electrons. The van der Waals surface area contributed by atoms with Crippen LogP contribution in [0.25, 0.3) is 0 Å². The van der Waals surface area contributed by atoms with Gasteiger partial charge in [-0.1, -0.05) is 43.3 Å².